The summed E-state index contributed by atoms with van der Waals surface area (Å²) in [5, 5.41) is 9.40. The molecule has 1 aliphatic rings. The average molecular weight is 274 g/mol. The molecule has 0 spiro atoms. The number of hydrogen-bond acceptors (Lipinski definition) is 3. The molecule has 1 heterocycles. The Morgan fingerprint density at radius 1 is 1.50 bits per heavy atom. The molecule has 0 bridgehead atoms. The fourth-order valence-corrected chi connectivity index (χ4v) is 2.65. The van der Waals surface area contributed by atoms with Gasteiger partial charge in [-0.05, 0) is 50.2 Å². The van der Waals surface area contributed by atoms with Gasteiger partial charge in [0.05, 0.1) is 0 Å². The van der Waals surface area contributed by atoms with Crippen LogP contribution in [0.15, 0.2) is 18.7 Å². The van der Waals surface area contributed by atoms with E-state index in [1.807, 2.05) is 24.1 Å². The highest BCUT2D eigenvalue weighted by Crippen LogP contribution is 2.26. The quantitative estimate of drug-likeness (QED) is 0.640. The average Bonchev–Trinajstić information content (AvgIpc) is 2.46. The topological polar surface area (TPSA) is 53.4 Å². The number of anilines is 1. The largest absolute Gasteiger partial charge is 0.478 e. The van der Waals surface area contributed by atoms with Gasteiger partial charge in [0.15, 0.2) is 0 Å². The van der Waals surface area contributed by atoms with Crippen LogP contribution >= 0.6 is 0 Å². The Balaban J connectivity index is 2.29. The molecule has 0 aromatic carbocycles. The van der Waals surface area contributed by atoms with Crippen molar-refractivity contribution in [3.8, 4) is 0 Å². The molecule has 4 nitrogen and oxygen atoms in total. The lowest BCUT2D eigenvalue weighted by molar-refractivity contribution is 0.0697. The van der Waals surface area contributed by atoms with Crippen LogP contribution in [-0.4, -0.2) is 29.7 Å². The van der Waals surface area contributed by atoms with Gasteiger partial charge in [0.1, 0.15) is 11.4 Å². The zero-order chi connectivity index (χ0) is 14.5. The van der Waals surface area contributed by atoms with Crippen LogP contribution in [0, 0.1) is 0 Å². The van der Waals surface area contributed by atoms with Gasteiger partial charge in [-0.15, -0.1) is 6.58 Å². The van der Waals surface area contributed by atoms with Crippen molar-refractivity contribution in [3.63, 3.8) is 0 Å². The Labute approximate surface area is 120 Å². The van der Waals surface area contributed by atoms with Crippen molar-refractivity contribution in [1.82, 2.24) is 4.98 Å². The van der Waals surface area contributed by atoms with E-state index in [9.17, 15) is 9.90 Å². The molecule has 1 aromatic rings. The van der Waals surface area contributed by atoms with Crippen molar-refractivity contribution in [2.24, 2.45) is 0 Å². The SMILES string of the molecule is C=CCCCN(C)c1nc2c(cc1C(=O)O)CCCC2. The van der Waals surface area contributed by atoms with E-state index in [0.29, 0.717) is 11.4 Å². The molecule has 0 unspecified atom stereocenters. The van der Waals surface area contributed by atoms with Gasteiger partial charge in [-0.1, -0.05) is 6.08 Å². The van der Waals surface area contributed by atoms with Crippen LogP contribution in [0.3, 0.4) is 0 Å². The summed E-state index contributed by atoms with van der Waals surface area (Å²) in [5.74, 6) is -0.293. The number of rotatable bonds is 6. The van der Waals surface area contributed by atoms with Crippen molar-refractivity contribution >= 4 is 11.8 Å². The first-order valence-electron chi connectivity index (χ1n) is 7.21. The smallest absolute Gasteiger partial charge is 0.339 e. The summed E-state index contributed by atoms with van der Waals surface area (Å²) in [6.07, 6.45) is 7.95. The highest BCUT2D eigenvalue weighted by Gasteiger charge is 2.20. The normalized spacial score (nSPS) is 13.7. The van der Waals surface area contributed by atoms with Gasteiger partial charge in [0, 0.05) is 19.3 Å². The van der Waals surface area contributed by atoms with Crippen LogP contribution in [0.4, 0.5) is 5.82 Å². The van der Waals surface area contributed by atoms with Crippen molar-refractivity contribution in [2.75, 3.05) is 18.5 Å². The minimum absolute atomic E-state index is 0.326. The third-order valence-electron chi connectivity index (χ3n) is 3.77. The van der Waals surface area contributed by atoms with Crippen LogP contribution in [0.5, 0.6) is 0 Å². The molecule has 2 rings (SSSR count). The van der Waals surface area contributed by atoms with Crippen molar-refractivity contribution in [3.05, 3.63) is 35.5 Å². The number of carbonyl (C=O) groups is 1. The third-order valence-corrected chi connectivity index (χ3v) is 3.77. The van der Waals surface area contributed by atoms with Crippen LogP contribution in [0.1, 0.15) is 47.3 Å². The van der Waals surface area contributed by atoms with Crippen molar-refractivity contribution < 1.29 is 9.90 Å². The predicted molar refractivity (Wildman–Crippen MR) is 80.5 cm³/mol. The predicted octanol–water partition coefficient (Wildman–Crippen LogP) is 3.06. The summed E-state index contributed by atoms with van der Waals surface area (Å²) < 4.78 is 0. The highest BCUT2D eigenvalue weighted by molar-refractivity contribution is 5.93. The number of aromatic carboxylic acids is 1. The number of fused-ring (bicyclic) bond motifs is 1. The molecule has 4 heteroatoms. The fraction of sp³-hybridized carbons (Fsp3) is 0.500. The lowest BCUT2D eigenvalue weighted by Crippen LogP contribution is -2.24. The Bertz CT molecular complexity index is 511. The lowest BCUT2D eigenvalue weighted by Gasteiger charge is -2.23. The second kappa shape index (κ2) is 6.55. The summed E-state index contributed by atoms with van der Waals surface area (Å²) in [6, 6.07) is 1.82. The number of unbranched alkanes of at least 4 members (excludes halogenated alkanes) is 1. The molecule has 0 radical (unpaired) electrons. The molecular weight excluding hydrogens is 252 g/mol. The van der Waals surface area contributed by atoms with Crippen LogP contribution in [0.2, 0.25) is 0 Å². The molecule has 0 aliphatic heterocycles. The monoisotopic (exact) mass is 274 g/mol. The summed E-state index contributed by atoms with van der Waals surface area (Å²) >= 11 is 0. The number of nitrogens with zero attached hydrogens (tertiary/aromatic N) is 2. The second-order valence-electron chi connectivity index (χ2n) is 5.33. The van der Waals surface area contributed by atoms with Gasteiger partial charge in [-0.25, -0.2) is 9.78 Å². The van der Waals surface area contributed by atoms with Gasteiger partial charge < -0.3 is 10.0 Å². The van der Waals surface area contributed by atoms with E-state index in [1.165, 1.54) is 0 Å². The number of aromatic nitrogens is 1. The second-order valence-corrected chi connectivity index (χ2v) is 5.33. The van der Waals surface area contributed by atoms with E-state index in [0.717, 1.165) is 56.3 Å². The zero-order valence-corrected chi connectivity index (χ0v) is 12.1. The molecule has 0 atom stereocenters. The molecule has 0 fully saturated rings. The molecule has 1 N–H and O–H groups in total. The Kier molecular flexibility index (Phi) is 4.77. The summed E-state index contributed by atoms with van der Waals surface area (Å²) in [7, 11) is 1.91. The minimum Gasteiger partial charge on any atom is -0.478 e. The van der Waals surface area contributed by atoms with E-state index >= 15 is 0 Å². The first-order valence-corrected chi connectivity index (χ1v) is 7.21. The highest BCUT2D eigenvalue weighted by atomic mass is 16.4. The Hall–Kier alpha value is -1.84. The first-order chi connectivity index (χ1) is 9.63. The number of carboxylic acids is 1. The van der Waals surface area contributed by atoms with Gasteiger partial charge >= 0.3 is 5.97 Å². The molecule has 0 saturated heterocycles. The minimum atomic E-state index is -0.892. The number of aryl methyl sites for hydroxylation is 2. The van der Waals surface area contributed by atoms with Crippen molar-refractivity contribution in [2.45, 2.75) is 38.5 Å². The van der Waals surface area contributed by atoms with Crippen LogP contribution < -0.4 is 4.90 Å². The molecule has 1 aromatic heterocycles. The summed E-state index contributed by atoms with van der Waals surface area (Å²) in [5.41, 5.74) is 2.51. The van der Waals surface area contributed by atoms with Gasteiger partial charge in [-0.2, -0.15) is 0 Å². The Morgan fingerprint density at radius 2 is 2.25 bits per heavy atom. The van der Waals surface area contributed by atoms with Crippen LogP contribution in [0.25, 0.3) is 0 Å². The van der Waals surface area contributed by atoms with Crippen LogP contribution in [-0.2, 0) is 12.8 Å². The Morgan fingerprint density at radius 3 is 2.95 bits per heavy atom. The molecule has 0 saturated carbocycles. The molecule has 1 aliphatic carbocycles. The maximum atomic E-state index is 11.5. The van der Waals surface area contributed by atoms with E-state index in [4.69, 9.17) is 0 Å². The summed E-state index contributed by atoms with van der Waals surface area (Å²) in [6.45, 7) is 4.50. The maximum absolute atomic E-state index is 11.5. The third kappa shape index (κ3) is 3.18. The fourth-order valence-electron chi connectivity index (χ4n) is 2.65. The number of carboxylic acid groups (broad SMARTS) is 1. The number of allylic oxidation sites excluding steroid dienone is 1. The lowest BCUT2D eigenvalue weighted by atomic mass is 9.94. The van der Waals surface area contributed by atoms with Crippen molar-refractivity contribution in [1.29, 1.82) is 0 Å². The number of hydrogen-bond donors (Lipinski definition) is 1. The molecule has 108 valence electrons. The maximum Gasteiger partial charge on any atom is 0.339 e. The first kappa shape index (κ1) is 14.6. The van der Waals surface area contributed by atoms with Gasteiger partial charge in [0.25, 0.3) is 0 Å². The molecule has 20 heavy (non-hydrogen) atoms. The number of pyridine rings is 1. The van der Waals surface area contributed by atoms with Gasteiger partial charge in [-0.3, -0.25) is 0 Å². The zero-order valence-electron chi connectivity index (χ0n) is 12.1. The van der Waals surface area contributed by atoms with Gasteiger partial charge in [0.2, 0.25) is 0 Å². The standard InChI is InChI=1S/C16H22N2O2/c1-3-4-7-10-18(2)15-13(16(19)20)11-12-8-5-6-9-14(12)17-15/h3,11H,1,4-10H2,2H3,(H,19,20). The molecular formula is C16H22N2O2. The van der Waals surface area contributed by atoms with E-state index < -0.39 is 5.97 Å². The van der Waals surface area contributed by atoms with E-state index in [2.05, 4.69) is 11.6 Å². The van der Waals surface area contributed by atoms with E-state index in [1.54, 1.807) is 0 Å². The van der Waals surface area contributed by atoms with E-state index in [-0.39, 0.29) is 0 Å². The summed E-state index contributed by atoms with van der Waals surface area (Å²) in [4.78, 5) is 18.0. The molecule has 0 amide bonds.